The number of ether oxygens (including phenoxy) is 1. The summed E-state index contributed by atoms with van der Waals surface area (Å²) in [5.41, 5.74) is -1.36. The molecular formula is C10H18F2O2. The number of carbonyl (C=O) groups excluding carboxylic acids is 1. The van der Waals surface area contributed by atoms with Crippen LogP contribution in [-0.4, -0.2) is 18.0 Å². The standard InChI is InChI=1S/C10H18F2O2/c1-7(2)14-8(13)6-9(3,4)10(5,11)12/h7H,6H2,1-5H3. The first kappa shape index (κ1) is 13.3. The van der Waals surface area contributed by atoms with Crippen LogP contribution in [0.4, 0.5) is 8.78 Å². The Kier molecular flexibility index (Phi) is 4.03. The van der Waals surface area contributed by atoms with E-state index in [0.29, 0.717) is 0 Å². The molecular weight excluding hydrogens is 190 g/mol. The van der Waals surface area contributed by atoms with Crippen LogP contribution < -0.4 is 0 Å². The summed E-state index contributed by atoms with van der Waals surface area (Å²) in [5, 5.41) is 0. The van der Waals surface area contributed by atoms with Gasteiger partial charge in [0.1, 0.15) is 0 Å². The molecule has 0 rings (SSSR count). The van der Waals surface area contributed by atoms with Crippen molar-refractivity contribution in [2.45, 2.75) is 53.1 Å². The van der Waals surface area contributed by atoms with Crippen LogP contribution in [0.1, 0.15) is 41.0 Å². The Bertz CT molecular complexity index is 205. The van der Waals surface area contributed by atoms with Gasteiger partial charge in [-0.15, -0.1) is 0 Å². The van der Waals surface area contributed by atoms with Crippen molar-refractivity contribution in [2.75, 3.05) is 0 Å². The summed E-state index contributed by atoms with van der Waals surface area (Å²) < 4.78 is 30.8. The average Bonchev–Trinajstić information content (AvgIpc) is 1.79. The third-order valence-electron chi connectivity index (χ3n) is 2.14. The fourth-order valence-corrected chi connectivity index (χ4v) is 0.821. The van der Waals surface area contributed by atoms with E-state index in [0.717, 1.165) is 6.92 Å². The van der Waals surface area contributed by atoms with Crippen molar-refractivity contribution in [1.29, 1.82) is 0 Å². The molecule has 0 aliphatic rings. The van der Waals surface area contributed by atoms with E-state index in [4.69, 9.17) is 4.74 Å². The quantitative estimate of drug-likeness (QED) is 0.664. The van der Waals surface area contributed by atoms with Gasteiger partial charge in [-0.2, -0.15) is 0 Å². The predicted octanol–water partition coefficient (Wildman–Crippen LogP) is 3.01. The Morgan fingerprint density at radius 2 is 1.71 bits per heavy atom. The van der Waals surface area contributed by atoms with Crippen molar-refractivity contribution < 1.29 is 18.3 Å². The molecule has 0 unspecified atom stereocenters. The number of halogens is 2. The summed E-state index contributed by atoms with van der Waals surface area (Å²) in [4.78, 5) is 11.2. The van der Waals surface area contributed by atoms with E-state index < -0.39 is 17.3 Å². The van der Waals surface area contributed by atoms with Crippen LogP contribution in [0.2, 0.25) is 0 Å². The van der Waals surface area contributed by atoms with Gasteiger partial charge >= 0.3 is 5.97 Å². The minimum absolute atomic E-state index is 0.260. The fourth-order valence-electron chi connectivity index (χ4n) is 0.821. The van der Waals surface area contributed by atoms with Crippen molar-refractivity contribution in [3.05, 3.63) is 0 Å². The molecule has 14 heavy (non-hydrogen) atoms. The van der Waals surface area contributed by atoms with Gasteiger partial charge < -0.3 is 4.74 Å². The van der Waals surface area contributed by atoms with Crippen molar-refractivity contribution in [2.24, 2.45) is 5.41 Å². The minimum atomic E-state index is -2.89. The van der Waals surface area contributed by atoms with Gasteiger partial charge in [0.05, 0.1) is 12.5 Å². The van der Waals surface area contributed by atoms with Crippen molar-refractivity contribution >= 4 is 5.97 Å². The second-order valence-corrected chi connectivity index (χ2v) is 4.49. The first-order valence-corrected chi connectivity index (χ1v) is 4.63. The van der Waals surface area contributed by atoms with Gasteiger partial charge in [0.15, 0.2) is 0 Å². The van der Waals surface area contributed by atoms with Gasteiger partial charge in [0.2, 0.25) is 0 Å². The van der Waals surface area contributed by atoms with E-state index in [2.05, 4.69) is 0 Å². The molecule has 0 radical (unpaired) electrons. The van der Waals surface area contributed by atoms with Gasteiger partial charge in [-0.3, -0.25) is 4.79 Å². The molecule has 0 N–H and O–H groups in total. The average molecular weight is 208 g/mol. The van der Waals surface area contributed by atoms with Crippen molar-refractivity contribution in [3.63, 3.8) is 0 Å². The maximum absolute atomic E-state index is 13.0. The van der Waals surface area contributed by atoms with Crippen LogP contribution in [0, 0.1) is 5.41 Å². The summed E-state index contributed by atoms with van der Waals surface area (Å²) in [6.45, 7) is 6.91. The van der Waals surface area contributed by atoms with Crippen LogP contribution >= 0.6 is 0 Å². The van der Waals surface area contributed by atoms with Crippen LogP contribution in [0.5, 0.6) is 0 Å². The molecule has 0 saturated carbocycles. The molecule has 0 aromatic carbocycles. The molecule has 0 amide bonds. The van der Waals surface area contributed by atoms with Gasteiger partial charge in [-0.25, -0.2) is 8.78 Å². The van der Waals surface area contributed by atoms with Gasteiger partial charge in [-0.1, -0.05) is 13.8 Å². The molecule has 0 aliphatic carbocycles. The Morgan fingerprint density at radius 1 is 1.29 bits per heavy atom. The molecule has 84 valence electrons. The maximum Gasteiger partial charge on any atom is 0.306 e. The second-order valence-electron chi connectivity index (χ2n) is 4.49. The molecule has 2 nitrogen and oxygen atoms in total. The van der Waals surface area contributed by atoms with E-state index in [-0.39, 0.29) is 12.5 Å². The first-order chi connectivity index (χ1) is 6.06. The smallest absolute Gasteiger partial charge is 0.306 e. The molecule has 0 spiro atoms. The number of carbonyl (C=O) groups is 1. The molecule has 0 aromatic rings. The number of hydrogen-bond acceptors (Lipinski definition) is 2. The van der Waals surface area contributed by atoms with E-state index in [1.165, 1.54) is 13.8 Å². The number of rotatable bonds is 4. The third kappa shape index (κ3) is 4.03. The largest absolute Gasteiger partial charge is 0.463 e. The molecule has 0 heterocycles. The Balaban J connectivity index is 4.30. The van der Waals surface area contributed by atoms with Gasteiger partial charge in [0, 0.05) is 5.41 Å². The SMILES string of the molecule is CC(C)OC(=O)CC(C)(C)C(C)(F)F. The van der Waals surface area contributed by atoms with Crippen LogP contribution in [0.15, 0.2) is 0 Å². The molecule has 0 fully saturated rings. The lowest BCUT2D eigenvalue weighted by atomic mass is 9.83. The van der Waals surface area contributed by atoms with Crippen molar-refractivity contribution in [3.8, 4) is 0 Å². The highest BCUT2D eigenvalue weighted by molar-refractivity contribution is 5.70. The lowest BCUT2D eigenvalue weighted by Crippen LogP contribution is -2.36. The summed E-state index contributed by atoms with van der Waals surface area (Å²) in [6.07, 6.45) is -0.530. The molecule has 0 atom stereocenters. The van der Waals surface area contributed by atoms with E-state index in [9.17, 15) is 13.6 Å². The van der Waals surface area contributed by atoms with Crippen LogP contribution in [0.25, 0.3) is 0 Å². The van der Waals surface area contributed by atoms with Gasteiger partial charge in [0.25, 0.3) is 5.92 Å². The van der Waals surface area contributed by atoms with Crippen LogP contribution in [0.3, 0.4) is 0 Å². The van der Waals surface area contributed by atoms with Crippen LogP contribution in [-0.2, 0) is 9.53 Å². The summed E-state index contributed by atoms with van der Waals surface area (Å²) in [5.74, 6) is -3.46. The van der Waals surface area contributed by atoms with Crippen molar-refractivity contribution in [1.82, 2.24) is 0 Å². The van der Waals surface area contributed by atoms with E-state index in [1.54, 1.807) is 13.8 Å². The Labute approximate surface area is 83.6 Å². The first-order valence-electron chi connectivity index (χ1n) is 4.63. The highest BCUT2D eigenvalue weighted by Gasteiger charge is 2.43. The van der Waals surface area contributed by atoms with Gasteiger partial charge in [-0.05, 0) is 20.8 Å². The zero-order valence-corrected chi connectivity index (χ0v) is 9.36. The molecule has 0 saturated heterocycles. The summed E-state index contributed by atoms with van der Waals surface area (Å²) in [7, 11) is 0. The molecule has 4 heteroatoms. The highest BCUT2D eigenvalue weighted by atomic mass is 19.3. The maximum atomic E-state index is 13.0. The lowest BCUT2D eigenvalue weighted by Gasteiger charge is -2.30. The number of hydrogen-bond donors (Lipinski definition) is 0. The Morgan fingerprint density at radius 3 is 2.00 bits per heavy atom. The van der Waals surface area contributed by atoms with E-state index >= 15 is 0 Å². The molecule has 0 aromatic heterocycles. The lowest BCUT2D eigenvalue weighted by molar-refractivity contribution is -0.158. The second kappa shape index (κ2) is 4.24. The monoisotopic (exact) mass is 208 g/mol. The molecule has 0 aliphatic heterocycles. The number of esters is 1. The highest BCUT2D eigenvalue weighted by Crippen LogP contribution is 2.38. The Hall–Kier alpha value is -0.670. The summed E-state index contributed by atoms with van der Waals surface area (Å²) in [6, 6.07) is 0. The zero-order valence-electron chi connectivity index (χ0n) is 9.36. The molecule has 0 bridgehead atoms. The third-order valence-corrected chi connectivity index (χ3v) is 2.14. The zero-order chi connectivity index (χ0) is 11.6. The summed E-state index contributed by atoms with van der Waals surface area (Å²) >= 11 is 0. The minimum Gasteiger partial charge on any atom is -0.463 e. The predicted molar refractivity (Wildman–Crippen MR) is 50.2 cm³/mol. The fraction of sp³-hybridized carbons (Fsp3) is 0.900. The van der Waals surface area contributed by atoms with E-state index in [1.807, 2.05) is 0 Å². The number of alkyl halides is 2. The topological polar surface area (TPSA) is 26.3 Å². The normalized spacial score (nSPS) is 13.1.